The van der Waals surface area contributed by atoms with Gasteiger partial charge >= 0.3 is 0 Å². The molecule has 6 nitrogen and oxygen atoms in total. The average molecular weight is 352 g/mol. The van der Waals surface area contributed by atoms with E-state index in [0.29, 0.717) is 6.54 Å². The highest BCUT2D eigenvalue weighted by Crippen LogP contribution is 2.27. The fraction of sp³-hybridized carbons (Fsp3) is 0.167. The molecule has 0 fully saturated rings. The van der Waals surface area contributed by atoms with E-state index < -0.39 is 9.84 Å². The van der Waals surface area contributed by atoms with E-state index in [-0.39, 0.29) is 4.90 Å². The largest absolute Gasteiger partial charge is 0.339 e. The third-order valence-electron chi connectivity index (χ3n) is 4.14. The first-order chi connectivity index (χ1) is 11.9. The van der Waals surface area contributed by atoms with Crippen LogP contribution >= 0.6 is 0 Å². The second-order valence-electron chi connectivity index (χ2n) is 6.11. The molecule has 3 aromatic rings. The molecule has 126 valence electrons. The first-order valence-electron chi connectivity index (χ1n) is 7.78. The molecule has 3 heterocycles. The molecule has 1 aliphatic heterocycles. The van der Waals surface area contributed by atoms with Crippen molar-refractivity contribution < 1.29 is 8.42 Å². The minimum atomic E-state index is -3.29. The molecule has 1 aromatic carbocycles. The molecule has 1 aliphatic rings. The number of amidine groups is 1. The standard InChI is InChI=1S/C18H16N4O2S/c1-11-7-14-17(20-9-11)10-21-18(14)22-16-5-6-19-15-4-3-12(8-13(15)16)25(2,23)24/h3-9H,10H2,1-2H3,(H,19,21,22). The summed E-state index contributed by atoms with van der Waals surface area (Å²) in [5, 5.41) is 4.06. The highest BCUT2D eigenvalue weighted by atomic mass is 32.2. The van der Waals surface area contributed by atoms with Gasteiger partial charge < -0.3 is 5.32 Å². The molecule has 4 rings (SSSR count). The number of nitrogens with zero attached hydrogens (tertiary/aromatic N) is 3. The van der Waals surface area contributed by atoms with Gasteiger partial charge in [-0.3, -0.25) is 15.0 Å². The van der Waals surface area contributed by atoms with Crippen molar-refractivity contribution in [2.24, 2.45) is 4.99 Å². The molecule has 0 spiro atoms. The normalized spacial score (nSPS) is 13.6. The third kappa shape index (κ3) is 2.87. The number of sulfone groups is 1. The SMILES string of the molecule is Cc1cnc2c(c1)C(Nc1ccnc3ccc(S(C)(=O)=O)cc13)=NC2. The van der Waals surface area contributed by atoms with Gasteiger partial charge in [0.15, 0.2) is 9.84 Å². The zero-order valence-electron chi connectivity index (χ0n) is 13.8. The van der Waals surface area contributed by atoms with Crippen molar-refractivity contribution in [1.82, 2.24) is 9.97 Å². The van der Waals surface area contributed by atoms with E-state index in [2.05, 4.69) is 20.3 Å². The van der Waals surface area contributed by atoms with Crippen LogP contribution in [-0.4, -0.2) is 30.5 Å². The number of aliphatic imine (C=N–C) groups is 1. The number of anilines is 1. The molecule has 0 aliphatic carbocycles. The maximum atomic E-state index is 11.9. The van der Waals surface area contributed by atoms with Gasteiger partial charge in [0.25, 0.3) is 0 Å². The number of hydrogen-bond donors (Lipinski definition) is 1. The van der Waals surface area contributed by atoms with Crippen LogP contribution in [0.25, 0.3) is 10.9 Å². The third-order valence-corrected chi connectivity index (χ3v) is 5.25. The summed E-state index contributed by atoms with van der Waals surface area (Å²) >= 11 is 0. The maximum Gasteiger partial charge on any atom is 0.175 e. The van der Waals surface area contributed by atoms with Gasteiger partial charge in [0.1, 0.15) is 5.84 Å². The van der Waals surface area contributed by atoms with Crippen molar-refractivity contribution in [3.8, 4) is 0 Å². The first kappa shape index (κ1) is 15.7. The summed E-state index contributed by atoms with van der Waals surface area (Å²) in [5.41, 5.74) is 4.46. The van der Waals surface area contributed by atoms with E-state index in [1.165, 1.54) is 6.26 Å². The van der Waals surface area contributed by atoms with Crippen LogP contribution in [0.1, 0.15) is 16.8 Å². The Morgan fingerprint density at radius 1 is 1.12 bits per heavy atom. The van der Waals surface area contributed by atoms with Crippen molar-refractivity contribution >= 4 is 32.3 Å². The number of rotatable bonds is 2. The maximum absolute atomic E-state index is 11.9. The Labute approximate surface area is 145 Å². The Morgan fingerprint density at radius 2 is 1.96 bits per heavy atom. The van der Waals surface area contributed by atoms with Gasteiger partial charge in [-0.25, -0.2) is 8.42 Å². The lowest BCUT2D eigenvalue weighted by molar-refractivity contribution is 0.602. The van der Waals surface area contributed by atoms with Gasteiger partial charge in [0.05, 0.1) is 28.3 Å². The molecule has 1 N–H and O–H groups in total. The molecule has 0 atom stereocenters. The lowest BCUT2D eigenvalue weighted by Crippen LogP contribution is -2.12. The molecule has 2 aromatic heterocycles. The highest BCUT2D eigenvalue weighted by molar-refractivity contribution is 7.90. The monoisotopic (exact) mass is 352 g/mol. The number of nitrogens with one attached hydrogen (secondary N) is 1. The molecule has 0 saturated carbocycles. The van der Waals surface area contributed by atoms with E-state index >= 15 is 0 Å². The molecule has 0 unspecified atom stereocenters. The van der Waals surface area contributed by atoms with Crippen LogP contribution < -0.4 is 5.32 Å². The summed E-state index contributed by atoms with van der Waals surface area (Å²) in [5.74, 6) is 0.739. The highest BCUT2D eigenvalue weighted by Gasteiger charge is 2.18. The number of aryl methyl sites for hydroxylation is 1. The smallest absolute Gasteiger partial charge is 0.175 e. The first-order valence-corrected chi connectivity index (χ1v) is 9.67. The molecule has 0 radical (unpaired) electrons. The van der Waals surface area contributed by atoms with Crippen LogP contribution in [0.2, 0.25) is 0 Å². The molecule has 0 saturated heterocycles. The van der Waals surface area contributed by atoms with Crippen LogP contribution in [0.4, 0.5) is 5.69 Å². The summed E-state index contributed by atoms with van der Waals surface area (Å²) in [6.45, 7) is 2.53. The Morgan fingerprint density at radius 3 is 2.76 bits per heavy atom. The number of hydrogen-bond acceptors (Lipinski definition) is 6. The number of aromatic nitrogens is 2. The molecule has 7 heteroatoms. The van der Waals surface area contributed by atoms with Crippen LogP contribution in [0.15, 0.2) is 52.6 Å². The van der Waals surface area contributed by atoms with Gasteiger partial charge in [-0.15, -0.1) is 0 Å². The summed E-state index contributed by atoms with van der Waals surface area (Å²) in [4.78, 5) is 13.5. The summed E-state index contributed by atoms with van der Waals surface area (Å²) in [7, 11) is -3.29. The Balaban J connectivity index is 1.80. The molecular weight excluding hydrogens is 336 g/mol. The minimum Gasteiger partial charge on any atom is -0.339 e. The van der Waals surface area contributed by atoms with Crippen molar-refractivity contribution in [1.29, 1.82) is 0 Å². The predicted octanol–water partition coefficient (Wildman–Crippen LogP) is 2.71. The summed E-state index contributed by atoms with van der Waals surface area (Å²) in [6.07, 6.45) is 4.72. The zero-order chi connectivity index (χ0) is 17.6. The Bertz CT molecular complexity index is 1140. The van der Waals surface area contributed by atoms with Gasteiger partial charge in [-0.1, -0.05) is 0 Å². The van der Waals surface area contributed by atoms with Crippen LogP contribution in [0, 0.1) is 6.92 Å². The second-order valence-corrected chi connectivity index (χ2v) is 8.12. The fourth-order valence-corrected chi connectivity index (χ4v) is 3.51. The topological polar surface area (TPSA) is 84.3 Å². The van der Waals surface area contributed by atoms with Crippen LogP contribution in [-0.2, 0) is 16.4 Å². The molecule has 0 bridgehead atoms. The van der Waals surface area contributed by atoms with Gasteiger partial charge in [0.2, 0.25) is 0 Å². The molecule has 0 amide bonds. The van der Waals surface area contributed by atoms with Crippen LogP contribution in [0.3, 0.4) is 0 Å². The van der Waals surface area contributed by atoms with Crippen molar-refractivity contribution in [3.63, 3.8) is 0 Å². The second kappa shape index (κ2) is 5.63. The quantitative estimate of drug-likeness (QED) is 0.766. The minimum absolute atomic E-state index is 0.266. The predicted molar refractivity (Wildman–Crippen MR) is 97.7 cm³/mol. The van der Waals surface area contributed by atoms with E-state index in [9.17, 15) is 8.42 Å². The summed E-state index contributed by atoms with van der Waals surface area (Å²) in [6, 6.07) is 8.80. The van der Waals surface area contributed by atoms with E-state index in [4.69, 9.17) is 0 Å². The van der Waals surface area contributed by atoms with Crippen LogP contribution in [0.5, 0.6) is 0 Å². The number of pyridine rings is 2. The van der Waals surface area contributed by atoms with Gasteiger partial charge in [0, 0.05) is 29.6 Å². The summed E-state index contributed by atoms with van der Waals surface area (Å²) < 4.78 is 23.7. The van der Waals surface area contributed by atoms with Gasteiger partial charge in [-0.2, -0.15) is 0 Å². The molecule has 25 heavy (non-hydrogen) atoms. The lowest BCUT2D eigenvalue weighted by Gasteiger charge is -2.11. The Hall–Kier alpha value is -2.80. The van der Waals surface area contributed by atoms with Crippen molar-refractivity contribution in [2.75, 3.05) is 11.6 Å². The fourth-order valence-electron chi connectivity index (χ4n) is 2.87. The van der Waals surface area contributed by atoms with Crippen molar-refractivity contribution in [3.05, 3.63) is 59.5 Å². The molecular formula is C18H16N4O2S. The lowest BCUT2D eigenvalue weighted by atomic mass is 10.1. The zero-order valence-corrected chi connectivity index (χ0v) is 14.6. The number of benzene rings is 1. The van der Waals surface area contributed by atoms with E-state index in [1.54, 1.807) is 24.4 Å². The van der Waals surface area contributed by atoms with Crippen molar-refractivity contribution in [2.45, 2.75) is 18.4 Å². The number of fused-ring (bicyclic) bond motifs is 2. The van der Waals surface area contributed by atoms with E-state index in [0.717, 1.165) is 39.2 Å². The average Bonchev–Trinajstić information content (AvgIpc) is 2.96. The van der Waals surface area contributed by atoms with E-state index in [1.807, 2.05) is 25.3 Å². The Kier molecular flexibility index (Phi) is 3.54. The van der Waals surface area contributed by atoms with Gasteiger partial charge in [-0.05, 0) is 42.8 Å².